The molecule has 0 saturated heterocycles. The van der Waals surface area contributed by atoms with Gasteiger partial charge in [0.05, 0.1) is 0 Å². The van der Waals surface area contributed by atoms with Crippen LogP contribution in [0.4, 0.5) is 5.69 Å². The van der Waals surface area contributed by atoms with Crippen LogP contribution in [-0.4, -0.2) is 11.8 Å². The molecule has 0 aliphatic carbocycles. The molecule has 3 aromatic carbocycles. The summed E-state index contributed by atoms with van der Waals surface area (Å²) >= 11 is 0. The fourth-order valence-corrected chi connectivity index (χ4v) is 2.83. The first kappa shape index (κ1) is 20.9. The number of nitrogens with one attached hydrogen (secondary N) is 2. The maximum Gasteiger partial charge on any atom is 0.272 e. The molecule has 0 atom stereocenters. The summed E-state index contributed by atoms with van der Waals surface area (Å²) in [6, 6.07) is 24.7. The molecule has 0 spiro atoms. The zero-order valence-corrected chi connectivity index (χ0v) is 17.0. The Kier molecular flexibility index (Phi) is 7.00. The lowest BCUT2D eigenvalue weighted by atomic mass is 10.1. The quantitative estimate of drug-likeness (QED) is 0.566. The lowest BCUT2D eigenvalue weighted by Gasteiger charge is -2.11. The van der Waals surface area contributed by atoms with E-state index in [0.29, 0.717) is 18.0 Å². The first-order chi connectivity index (χ1) is 14.5. The van der Waals surface area contributed by atoms with Crippen LogP contribution in [0.2, 0.25) is 0 Å². The Hall–Kier alpha value is -3.86. The number of rotatable bonds is 7. The number of hydrogen-bond donors (Lipinski definition) is 2. The maximum absolute atomic E-state index is 12.7. The molecule has 0 aromatic heterocycles. The van der Waals surface area contributed by atoms with Gasteiger partial charge in [-0.3, -0.25) is 9.59 Å². The van der Waals surface area contributed by atoms with Crippen molar-refractivity contribution in [3.8, 4) is 5.75 Å². The fraction of sp³-hybridized carbons (Fsp3) is 0.120. The minimum atomic E-state index is -0.397. The van der Waals surface area contributed by atoms with Crippen LogP contribution < -0.4 is 15.4 Å². The topological polar surface area (TPSA) is 67.4 Å². The van der Waals surface area contributed by atoms with E-state index < -0.39 is 5.91 Å². The van der Waals surface area contributed by atoms with Gasteiger partial charge in [-0.25, -0.2) is 0 Å². The van der Waals surface area contributed by atoms with Crippen molar-refractivity contribution in [1.29, 1.82) is 0 Å². The van der Waals surface area contributed by atoms with Crippen molar-refractivity contribution in [3.05, 3.63) is 101 Å². The molecule has 0 unspecified atom stereocenters. The van der Waals surface area contributed by atoms with Crippen LogP contribution >= 0.6 is 0 Å². The molecule has 0 heterocycles. The summed E-state index contributed by atoms with van der Waals surface area (Å²) in [5.41, 5.74) is 3.74. The highest BCUT2D eigenvalue weighted by atomic mass is 16.5. The second kappa shape index (κ2) is 10.1. The van der Waals surface area contributed by atoms with Gasteiger partial charge in [-0.05, 0) is 54.0 Å². The molecule has 0 bridgehead atoms. The number of carbonyl (C=O) groups is 2. The third kappa shape index (κ3) is 6.07. The fourth-order valence-electron chi connectivity index (χ4n) is 2.83. The standard InChI is InChI=1S/C25H24N2O3/c1-18-8-6-7-11-21(18)16-24(26-19(2)28)25(29)27-22-12-14-23(15-13-22)30-17-20-9-4-3-5-10-20/h3-16H,17H2,1-2H3,(H,26,28)(H,27,29). The van der Waals surface area contributed by atoms with Gasteiger partial charge in [0.1, 0.15) is 18.1 Å². The first-order valence-corrected chi connectivity index (χ1v) is 9.64. The Morgan fingerprint density at radius 3 is 2.23 bits per heavy atom. The van der Waals surface area contributed by atoms with E-state index in [1.807, 2.05) is 61.5 Å². The van der Waals surface area contributed by atoms with Gasteiger partial charge < -0.3 is 15.4 Å². The van der Waals surface area contributed by atoms with Gasteiger partial charge in [-0.1, -0.05) is 54.6 Å². The highest BCUT2D eigenvalue weighted by Gasteiger charge is 2.12. The molecule has 5 heteroatoms. The number of carbonyl (C=O) groups excluding carboxylic acids is 2. The van der Waals surface area contributed by atoms with Crippen LogP contribution in [0.1, 0.15) is 23.6 Å². The van der Waals surface area contributed by atoms with Crippen LogP contribution in [0, 0.1) is 6.92 Å². The van der Waals surface area contributed by atoms with Crippen molar-refractivity contribution in [1.82, 2.24) is 5.32 Å². The second-order valence-electron chi connectivity index (χ2n) is 6.85. The van der Waals surface area contributed by atoms with Crippen molar-refractivity contribution in [2.75, 3.05) is 5.32 Å². The molecule has 3 rings (SSSR count). The van der Waals surface area contributed by atoms with Gasteiger partial charge in [-0.15, -0.1) is 0 Å². The summed E-state index contributed by atoms with van der Waals surface area (Å²) in [7, 11) is 0. The molecule has 5 nitrogen and oxygen atoms in total. The van der Waals surface area contributed by atoms with Gasteiger partial charge in [0.25, 0.3) is 5.91 Å². The predicted octanol–water partition coefficient (Wildman–Crippen LogP) is 4.69. The van der Waals surface area contributed by atoms with E-state index in [9.17, 15) is 9.59 Å². The number of aryl methyl sites for hydroxylation is 1. The average Bonchev–Trinajstić information content (AvgIpc) is 2.74. The Morgan fingerprint density at radius 2 is 1.57 bits per heavy atom. The Balaban J connectivity index is 1.68. The lowest BCUT2D eigenvalue weighted by molar-refractivity contribution is -0.120. The van der Waals surface area contributed by atoms with Gasteiger partial charge in [0.2, 0.25) is 5.91 Å². The second-order valence-corrected chi connectivity index (χ2v) is 6.85. The highest BCUT2D eigenvalue weighted by molar-refractivity contribution is 6.08. The van der Waals surface area contributed by atoms with Crippen molar-refractivity contribution < 1.29 is 14.3 Å². The van der Waals surface area contributed by atoms with Crippen LogP contribution in [0.15, 0.2) is 84.6 Å². The van der Waals surface area contributed by atoms with E-state index in [2.05, 4.69) is 10.6 Å². The maximum atomic E-state index is 12.7. The molecule has 0 fully saturated rings. The Morgan fingerprint density at radius 1 is 0.900 bits per heavy atom. The summed E-state index contributed by atoms with van der Waals surface area (Å²) in [6.45, 7) is 3.79. The molecular formula is C25H24N2O3. The Bertz CT molecular complexity index is 1040. The molecule has 0 radical (unpaired) electrons. The first-order valence-electron chi connectivity index (χ1n) is 9.64. The number of anilines is 1. The van der Waals surface area contributed by atoms with Crippen LogP contribution in [-0.2, 0) is 16.2 Å². The summed E-state index contributed by atoms with van der Waals surface area (Å²) in [4.78, 5) is 24.3. The third-order valence-electron chi connectivity index (χ3n) is 4.40. The number of hydrogen-bond acceptors (Lipinski definition) is 3. The van der Waals surface area contributed by atoms with Crippen LogP contribution in [0.3, 0.4) is 0 Å². The molecule has 152 valence electrons. The zero-order valence-electron chi connectivity index (χ0n) is 17.0. The summed E-state index contributed by atoms with van der Waals surface area (Å²) in [5.74, 6) is -0.00422. The largest absolute Gasteiger partial charge is 0.489 e. The SMILES string of the molecule is CC(=O)NC(=Cc1ccccc1C)C(=O)Nc1ccc(OCc2ccccc2)cc1. The molecular weight excluding hydrogens is 376 g/mol. The number of benzene rings is 3. The summed E-state index contributed by atoms with van der Waals surface area (Å²) < 4.78 is 5.76. The smallest absolute Gasteiger partial charge is 0.272 e. The van der Waals surface area contributed by atoms with E-state index >= 15 is 0 Å². The van der Waals surface area contributed by atoms with Gasteiger partial charge in [0, 0.05) is 12.6 Å². The number of ether oxygens (including phenoxy) is 1. The van der Waals surface area contributed by atoms with E-state index in [4.69, 9.17) is 4.74 Å². The van der Waals surface area contributed by atoms with E-state index in [1.54, 1.807) is 30.3 Å². The summed E-state index contributed by atoms with van der Waals surface area (Å²) in [5, 5.41) is 5.42. The molecule has 3 aromatic rings. The third-order valence-corrected chi connectivity index (χ3v) is 4.40. The molecule has 2 amide bonds. The normalized spacial score (nSPS) is 10.9. The molecule has 0 saturated carbocycles. The van der Waals surface area contributed by atoms with Crippen LogP contribution in [0.5, 0.6) is 5.75 Å². The van der Waals surface area contributed by atoms with E-state index in [1.165, 1.54) is 6.92 Å². The van der Waals surface area contributed by atoms with Crippen LogP contribution in [0.25, 0.3) is 6.08 Å². The lowest BCUT2D eigenvalue weighted by Crippen LogP contribution is -2.29. The monoisotopic (exact) mass is 400 g/mol. The molecule has 0 aliphatic rings. The van der Waals surface area contributed by atoms with Crippen molar-refractivity contribution in [2.45, 2.75) is 20.5 Å². The van der Waals surface area contributed by atoms with Crippen molar-refractivity contribution >= 4 is 23.6 Å². The molecule has 30 heavy (non-hydrogen) atoms. The Labute approximate surface area is 176 Å². The average molecular weight is 400 g/mol. The van der Waals surface area contributed by atoms with E-state index in [-0.39, 0.29) is 11.6 Å². The van der Waals surface area contributed by atoms with Gasteiger partial charge >= 0.3 is 0 Å². The minimum absolute atomic E-state index is 0.182. The van der Waals surface area contributed by atoms with Crippen molar-refractivity contribution in [2.24, 2.45) is 0 Å². The zero-order chi connectivity index (χ0) is 21.3. The summed E-state index contributed by atoms with van der Waals surface area (Å²) in [6.07, 6.45) is 1.67. The highest BCUT2D eigenvalue weighted by Crippen LogP contribution is 2.18. The molecule has 0 aliphatic heterocycles. The van der Waals surface area contributed by atoms with Gasteiger partial charge in [-0.2, -0.15) is 0 Å². The van der Waals surface area contributed by atoms with E-state index in [0.717, 1.165) is 16.7 Å². The number of amides is 2. The molecule has 2 N–H and O–H groups in total. The minimum Gasteiger partial charge on any atom is -0.489 e. The van der Waals surface area contributed by atoms with Crippen molar-refractivity contribution in [3.63, 3.8) is 0 Å². The van der Waals surface area contributed by atoms with Gasteiger partial charge in [0.15, 0.2) is 0 Å². The predicted molar refractivity (Wildman–Crippen MR) is 119 cm³/mol.